The summed E-state index contributed by atoms with van der Waals surface area (Å²) in [6.45, 7) is 9.34. The summed E-state index contributed by atoms with van der Waals surface area (Å²) in [5.74, 6) is -4.24. The quantitative estimate of drug-likeness (QED) is 0.782. The topological polar surface area (TPSA) is 20.3 Å². The summed E-state index contributed by atoms with van der Waals surface area (Å²) in [5, 5.41) is 0. The SMILES string of the molecule is CC(C)(C)CCN1CCC2(CC1)CC(F)(F)C(=O)c1ccccc12. The number of halogens is 2. The maximum absolute atomic E-state index is 14.3. The predicted molar refractivity (Wildman–Crippen MR) is 91.8 cm³/mol. The first-order valence-corrected chi connectivity index (χ1v) is 8.88. The fraction of sp³-hybridized carbons (Fsp3) is 0.650. The summed E-state index contributed by atoms with van der Waals surface area (Å²) in [7, 11) is 0. The van der Waals surface area contributed by atoms with Crippen molar-refractivity contribution in [3.8, 4) is 0 Å². The van der Waals surface area contributed by atoms with Crippen LogP contribution in [0.5, 0.6) is 0 Å². The van der Waals surface area contributed by atoms with E-state index in [0.29, 0.717) is 12.8 Å². The molecule has 0 bridgehead atoms. The third kappa shape index (κ3) is 3.26. The van der Waals surface area contributed by atoms with Gasteiger partial charge in [-0.25, -0.2) is 0 Å². The molecule has 1 heterocycles. The van der Waals surface area contributed by atoms with Crippen LogP contribution in [-0.4, -0.2) is 36.2 Å². The minimum absolute atomic E-state index is 0.233. The van der Waals surface area contributed by atoms with E-state index in [1.807, 2.05) is 12.1 Å². The van der Waals surface area contributed by atoms with Gasteiger partial charge in [-0.05, 0) is 49.9 Å². The summed E-state index contributed by atoms with van der Waals surface area (Å²) in [6, 6.07) is 7.00. The van der Waals surface area contributed by atoms with Crippen molar-refractivity contribution < 1.29 is 13.6 Å². The minimum atomic E-state index is -3.23. The number of piperidine rings is 1. The summed E-state index contributed by atoms with van der Waals surface area (Å²) >= 11 is 0. The van der Waals surface area contributed by atoms with E-state index >= 15 is 0 Å². The highest BCUT2D eigenvalue weighted by atomic mass is 19.3. The van der Waals surface area contributed by atoms with Gasteiger partial charge in [0.15, 0.2) is 0 Å². The van der Waals surface area contributed by atoms with Crippen molar-refractivity contribution in [2.24, 2.45) is 5.41 Å². The lowest BCUT2D eigenvalue weighted by atomic mass is 9.63. The van der Waals surface area contributed by atoms with Crippen LogP contribution >= 0.6 is 0 Å². The van der Waals surface area contributed by atoms with Crippen LogP contribution in [0.25, 0.3) is 0 Å². The van der Waals surface area contributed by atoms with Gasteiger partial charge in [-0.15, -0.1) is 0 Å². The molecular formula is C20H27F2NO. The average Bonchev–Trinajstić information content (AvgIpc) is 2.51. The van der Waals surface area contributed by atoms with Crippen LogP contribution in [0, 0.1) is 5.41 Å². The Morgan fingerprint density at radius 1 is 1.12 bits per heavy atom. The third-order valence-electron chi connectivity index (χ3n) is 5.63. The molecule has 1 aliphatic carbocycles. The second-order valence-corrected chi connectivity index (χ2v) is 8.69. The van der Waals surface area contributed by atoms with E-state index in [2.05, 4.69) is 25.7 Å². The van der Waals surface area contributed by atoms with Gasteiger partial charge < -0.3 is 4.90 Å². The largest absolute Gasteiger partial charge is 0.310 e. The zero-order valence-electron chi connectivity index (χ0n) is 14.9. The molecule has 0 unspecified atom stereocenters. The second-order valence-electron chi connectivity index (χ2n) is 8.69. The van der Waals surface area contributed by atoms with E-state index in [-0.39, 0.29) is 17.4 Å². The molecule has 0 radical (unpaired) electrons. The van der Waals surface area contributed by atoms with Crippen LogP contribution in [0.1, 0.15) is 62.4 Å². The van der Waals surface area contributed by atoms with E-state index in [0.717, 1.165) is 31.6 Å². The molecule has 0 saturated carbocycles. The van der Waals surface area contributed by atoms with E-state index in [9.17, 15) is 13.6 Å². The number of hydrogen-bond acceptors (Lipinski definition) is 2. The van der Waals surface area contributed by atoms with Gasteiger partial charge in [0.25, 0.3) is 0 Å². The predicted octanol–water partition coefficient (Wildman–Crippen LogP) is 4.68. The molecule has 1 aliphatic heterocycles. The zero-order valence-corrected chi connectivity index (χ0v) is 14.9. The van der Waals surface area contributed by atoms with Gasteiger partial charge >= 0.3 is 5.92 Å². The van der Waals surface area contributed by atoms with Crippen molar-refractivity contribution in [3.63, 3.8) is 0 Å². The first-order valence-electron chi connectivity index (χ1n) is 8.88. The Bertz CT molecular complexity index is 625. The molecule has 132 valence electrons. The molecule has 1 aromatic rings. The van der Waals surface area contributed by atoms with Gasteiger partial charge in [0, 0.05) is 17.4 Å². The number of carbonyl (C=O) groups excluding carboxylic acids is 1. The molecule has 1 saturated heterocycles. The molecule has 3 rings (SSSR count). The van der Waals surface area contributed by atoms with Crippen molar-refractivity contribution in [2.45, 2.75) is 57.8 Å². The van der Waals surface area contributed by atoms with E-state index in [4.69, 9.17) is 0 Å². The average molecular weight is 335 g/mol. The monoisotopic (exact) mass is 335 g/mol. The van der Waals surface area contributed by atoms with Crippen LogP contribution in [0.15, 0.2) is 24.3 Å². The molecular weight excluding hydrogens is 308 g/mol. The standard InChI is InChI=1S/C20H27F2NO/c1-18(2,3)8-11-23-12-9-19(10-13-23)14-20(21,22)17(24)15-6-4-5-7-16(15)19/h4-7H,8-14H2,1-3H3. The Labute approximate surface area is 143 Å². The van der Waals surface area contributed by atoms with Crippen LogP contribution in [0.4, 0.5) is 8.78 Å². The number of rotatable bonds is 2. The molecule has 1 spiro atoms. The lowest BCUT2D eigenvalue weighted by Crippen LogP contribution is -2.51. The Morgan fingerprint density at radius 3 is 2.38 bits per heavy atom. The van der Waals surface area contributed by atoms with Crippen molar-refractivity contribution >= 4 is 5.78 Å². The Kier molecular flexibility index (Phi) is 4.31. The van der Waals surface area contributed by atoms with E-state index in [1.165, 1.54) is 0 Å². The van der Waals surface area contributed by atoms with E-state index in [1.54, 1.807) is 12.1 Å². The number of Topliss-reactive ketones (excluding diaryl/α,β-unsaturated/α-hetero) is 1. The molecule has 1 fully saturated rings. The number of likely N-dealkylation sites (tertiary alicyclic amines) is 1. The first kappa shape index (κ1) is 17.5. The van der Waals surface area contributed by atoms with Gasteiger partial charge in [-0.2, -0.15) is 8.78 Å². The summed E-state index contributed by atoms with van der Waals surface area (Å²) in [6.07, 6.45) is 2.18. The number of alkyl halides is 2. The van der Waals surface area contributed by atoms with Crippen molar-refractivity contribution in [1.29, 1.82) is 0 Å². The number of nitrogens with zero attached hydrogens (tertiary/aromatic N) is 1. The highest BCUT2D eigenvalue weighted by molar-refractivity contribution is 6.04. The number of benzene rings is 1. The number of ketones is 1. The van der Waals surface area contributed by atoms with Crippen LogP contribution < -0.4 is 0 Å². The molecule has 4 heteroatoms. The first-order chi connectivity index (χ1) is 11.1. The molecule has 24 heavy (non-hydrogen) atoms. The number of fused-ring (bicyclic) bond motifs is 2. The number of carbonyl (C=O) groups is 1. The van der Waals surface area contributed by atoms with Crippen LogP contribution in [0.2, 0.25) is 0 Å². The zero-order chi connectivity index (χ0) is 17.6. The number of hydrogen-bond donors (Lipinski definition) is 0. The maximum Gasteiger partial charge on any atom is 0.310 e. The molecule has 2 aliphatic rings. The van der Waals surface area contributed by atoms with Crippen molar-refractivity contribution in [2.75, 3.05) is 19.6 Å². The Hall–Kier alpha value is -1.29. The maximum atomic E-state index is 14.3. The highest BCUT2D eigenvalue weighted by Gasteiger charge is 2.54. The summed E-state index contributed by atoms with van der Waals surface area (Å²) in [5.41, 5.74) is 0.812. The lowest BCUT2D eigenvalue weighted by Gasteiger charge is -2.47. The normalized spacial score (nSPS) is 23.3. The van der Waals surface area contributed by atoms with Crippen LogP contribution in [0.3, 0.4) is 0 Å². The Balaban J connectivity index is 1.80. The fourth-order valence-electron chi connectivity index (χ4n) is 4.09. The smallest absolute Gasteiger partial charge is 0.303 e. The molecule has 0 aromatic heterocycles. The van der Waals surface area contributed by atoms with Crippen molar-refractivity contribution in [1.82, 2.24) is 4.90 Å². The molecule has 1 aromatic carbocycles. The lowest BCUT2D eigenvalue weighted by molar-refractivity contribution is -0.0267. The fourth-order valence-corrected chi connectivity index (χ4v) is 4.09. The third-order valence-corrected chi connectivity index (χ3v) is 5.63. The summed E-state index contributed by atoms with van der Waals surface area (Å²) < 4.78 is 28.7. The van der Waals surface area contributed by atoms with Gasteiger partial charge in [-0.1, -0.05) is 45.0 Å². The minimum Gasteiger partial charge on any atom is -0.303 e. The van der Waals surface area contributed by atoms with Crippen molar-refractivity contribution in [3.05, 3.63) is 35.4 Å². The second kappa shape index (κ2) is 5.91. The molecule has 2 nitrogen and oxygen atoms in total. The van der Waals surface area contributed by atoms with Gasteiger partial charge in [0.2, 0.25) is 5.78 Å². The molecule has 0 N–H and O–H groups in total. The van der Waals surface area contributed by atoms with Gasteiger partial charge in [-0.3, -0.25) is 4.79 Å². The Morgan fingerprint density at radius 2 is 1.75 bits per heavy atom. The van der Waals surface area contributed by atoms with Crippen LogP contribution in [-0.2, 0) is 5.41 Å². The molecule has 0 amide bonds. The van der Waals surface area contributed by atoms with Gasteiger partial charge in [0.1, 0.15) is 0 Å². The van der Waals surface area contributed by atoms with E-state index < -0.39 is 17.1 Å². The van der Waals surface area contributed by atoms with Gasteiger partial charge in [0.05, 0.1) is 0 Å². The summed E-state index contributed by atoms with van der Waals surface area (Å²) in [4.78, 5) is 14.5. The molecule has 0 atom stereocenters. The highest BCUT2D eigenvalue weighted by Crippen LogP contribution is 2.49.